The second-order valence-corrected chi connectivity index (χ2v) is 7.34. The van der Waals surface area contributed by atoms with Crippen LogP contribution in [0.1, 0.15) is 48.9 Å². The standard InChI is InChI=1S/C24H27FN2O4/c1-30-18-11-12-19(22(15-18)31-2)21-6-4-3-5-20(16-7-9-17(25)10-8-16)26-23(28)13-14-24(29)27-21/h3-4,7-12,15,20-21H,5-6,13-14H2,1-2H3,(H,26,28)(H,27,29)/b4-3-/t20-,21-/m0/s1. The summed E-state index contributed by atoms with van der Waals surface area (Å²) in [5.74, 6) is 0.510. The summed E-state index contributed by atoms with van der Waals surface area (Å²) in [6.07, 6.45) is 5.18. The maximum absolute atomic E-state index is 13.3. The number of carbonyl (C=O) groups is 2. The Bertz CT molecular complexity index is 943. The van der Waals surface area contributed by atoms with Gasteiger partial charge in [-0.15, -0.1) is 0 Å². The average Bonchev–Trinajstić information content (AvgIpc) is 2.78. The number of halogens is 1. The van der Waals surface area contributed by atoms with Crippen molar-refractivity contribution in [2.24, 2.45) is 0 Å². The van der Waals surface area contributed by atoms with Crippen LogP contribution in [0.25, 0.3) is 0 Å². The first-order valence-electron chi connectivity index (χ1n) is 10.2. The predicted molar refractivity (Wildman–Crippen MR) is 115 cm³/mol. The van der Waals surface area contributed by atoms with Crippen LogP contribution in [0.5, 0.6) is 11.5 Å². The molecule has 0 unspecified atom stereocenters. The number of nitrogens with one attached hydrogen (secondary N) is 2. The molecule has 0 saturated carbocycles. The Balaban J connectivity index is 1.84. The van der Waals surface area contributed by atoms with Crippen LogP contribution in [0.4, 0.5) is 4.39 Å². The number of amides is 2. The third-order valence-electron chi connectivity index (χ3n) is 5.25. The summed E-state index contributed by atoms with van der Waals surface area (Å²) in [7, 11) is 3.15. The Morgan fingerprint density at radius 2 is 1.45 bits per heavy atom. The minimum Gasteiger partial charge on any atom is -0.497 e. The second kappa shape index (κ2) is 10.6. The summed E-state index contributed by atoms with van der Waals surface area (Å²) in [6, 6.07) is 11.0. The molecule has 164 valence electrons. The fourth-order valence-electron chi connectivity index (χ4n) is 3.57. The summed E-state index contributed by atoms with van der Waals surface area (Å²) in [5, 5.41) is 5.94. The molecule has 2 atom stereocenters. The van der Waals surface area contributed by atoms with E-state index in [0.717, 1.165) is 11.1 Å². The van der Waals surface area contributed by atoms with Crippen LogP contribution in [0.15, 0.2) is 54.6 Å². The van der Waals surface area contributed by atoms with Crippen molar-refractivity contribution in [3.63, 3.8) is 0 Å². The van der Waals surface area contributed by atoms with Gasteiger partial charge in [-0.1, -0.05) is 24.3 Å². The lowest BCUT2D eigenvalue weighted by atomic mass is 9.99. The van der Waals surface area contributed by atoms with Crippen molar-refractivity contribution >= 4 is 11.8 Å². The SMILES string of the molecule is COc1ccc([C@@H]2C/C=C\C[C@@H](c3ccc(F)cc3)NC(=O)CCC(=O)N2)c(OC)c1. The summed E-state index contributed by atoms with van der Waals surface area (Å²) in [6.45, 7) is 0. The number of benzene rings is 2. The van der Waals surface area contributed by atoms with E-state index in [9.17, 15) is 14.0 Å². The van der Waals surface area contributed by atoms with E-state index in [-0.39, 0.29) is 42.6 Å². The van der Waals surface area contributed by atoms with Crippen LogP contribution in [0, 0.1) is 5.82 Å². The monoisotopic (exact) mass is 426 g/mol. The van der Waals surface area contributed by atoms with E-state index in [1.54, 1.807) is 32.4 Å². The van der Waals surface area contributed by atoms with Gasteiger partial charge in [-0.3, -0.25) is 9.59 Å². The molecule has 7 heteroatoms. The van der Waals surface area contributed by atoms with Crippen molar-refractivity contribution in [2.75, 3.05) is 14.2 Å². The topological polar surface area (TPSA) is 76.7 Å². The van der Waals surface area contributed by atoms with Crippen LogP contribution < -0.4 is 20.1 Å². The molecule has 2 amide bonds. The van der Waals surface area contributed by atoms with Gasteiger partial charge in [0, 0.05) is 24.5 Å². The highest BCUT2D eigenvalue weighted by atomic mass is 19.1. The van der Waals surface area contributed by atoms with E-state index in [4.69, 9.17) is 9.47 Å². The molecule has 0 radical (unpaired) electrons. The zero-order valence-electron chi connectivity index (χ0n) is 17.7. The van der Waals surface area contributed by atoms with Gasteiger partial charge in [-0.25, -0.2) is 4.39 Å². The smallest absolute Gasteiger partial charge is 0.221 e. The van der Waals surface area contributed by atoms with Gasteiger partial charge in [0.05, 0.1) is 26.3 Å². The first-order chi connectivity index (χ1) is 15.0. The Kier molecular flexibility index (Phi) is 7.65. The molecule has 31 heavy (non-hydrogen) atoms. The molecule has 1 aliphatic rings. The average molecular weight is 426 g/mol. The lowest BCUT2D eigenvalue weighted by Gasteiger charge is -2.22. The maximum atomic E-state index is 13.3. The number of carbonyl (C=O) groups excluding carboxylic acids is 2. The number of ether oxygens (including phenoxy) is 2. The normalized spacial score (nSPS) is 21.1. The first-order valence-corrected chi connectivity index (χ1v) is 10.2. The molecule has 0 bridgehead atoms. The van der Waals surface area contributed by atoms with Gasteiger partial charge in [0.15, 0.2) is 0 Å². The van der Waals surface area contributed by atoms with Gasteiger partial charge in [0.2, 0.25) is 11.8 Å². The Labute approximate surface area is 181 Å². The number of hydrogen-bond donors (Lipinski definition) is 2. The van der Waals surface area contributed by atoms with E-state index in [1.807, 2.05) is 24.3 Å². The molecule has 0 aromatic heterocycles. The third-order valence-corrected chi connectivity index (χ3v) is 5.25. The van der Waals surface area contributed by atoms with Gasteiger partial charge in [0.1, 0.15) is 17.3 Å². The number of methoxy groups -OCH3 is 2. The van der Waals surface area contributed by atoms with Crippen LogP contribution >= 0.6 is 0 Å². The van der Waals surface area contributed by atoms with E-state index >= 15 is 0 Å². The molecule has 2 aromatic rings. The Morgan fingerprint density at radius 1 is 0.839 bits per heavy atom. The number of rotatable bonds is 4. The highest BCUT2D eigenvalue weighted by Gasteiger charge is 2.21. The van der Waals surface area contributed by atoms with E-state index in [1.165, 1.54) is 12.1 Å². The minimum atomic E-state index is -0.327. The highest BCUT2D eigenvalue weighted by Crippen LogP contribution is 2.32. The zero-order valence-corrected chi connectivity index (χ0v) is 17.7. The largest absolute Gasteiger partial charge is 0.497 e. The lowest BCUT2D eigenvalue weighted by molar-refractivity contribution is -0.127. The predicted octanol–water partition coefficient (Wildman–Crippen LogP) is 3.99. The summed E-state index contributed by atoms with van der Waals surface area (Å²) < 4.78 is 24.0. The zero-order chi connectivity index (χ0) is 22.2. The van der Waals surface area contributed by atoms with Crippen LogP contribution in [-0.4, -0.2) is 26.0 Å². The van der Waals surface area contributed by atoms with Crippen molar-refractivity contribution < 1.29 is 23.5 Å². The fraction of sp³-hybridized carbons (Fsp3) is 0.333. The van der Waals surface area contributed by atoms with Crippen molar-refractivity contribution in [1.82, 2.24) is 10.6 Å². The molecule has 2 N–H and O–H groups in total. The van der Waals surface area contributed by atoms with Crippen molar-refractivity contribution in [3.05, 3.63) is 71.6 Å². The maximum Gasteiger partial charge on any atom is 0.221 e. The first kappa shape index (κ1) is 22.3. The number of hydrogen-bond acceptors (Lipinski definition) is 4. The molecule has 1 aliphatic heterocycles. The summed E-state index contributed by atoms with van der Waals surface area (Å²) in [4.78, 5) is 24.9. The quantitative estimate of drug-likeness (QED) is 0.725. The molecule has 0 spiro atoms. The molecule has 3 rings (SSSR count). The molecule has 0 saturated heterocycles. The van der Waals surface area contributed by atoms with E-state index in [0.29, 0.717) is 24.3 Å². The van der Waals surface area contributed by atoms with Crippen LogP contribution in [-0.2, 0) is 9.59 Å². The molecule has 0 fully saturated rings. The summed E-state index contributed by atoms with van der Waals surface area (Å²) in [5.41, 5.74) is 1.65. The molecule has 1 heterocycles. The third kappa shape index (κ3) is 6.07. The van der Waals surface area contributed by atoms with Crippen molar-refractivity contribution in [3.8, 4) is 11.5 Å². The molecule has 6 nitrogen and oxygen atoms in total. The molecular weight excluding hydrogens is 399 g/mol. The highest BCUT2D eigenvalue weighted by molar-refractivity contribution is 5.84. The Morgan fingerprint density at radius 3 is 2.06 bits per heavy atom. The van der Waals surface area contributed by atoms with Gasteiger partial charge >= 0.3 is 0 Å². The summed E-state index contributed by atoms with van der Waals surface area (Å²) >= 11 is 0. The van der Waals surface area contributed by atoms with Gasteiger partial charge < -0.3 is 20.1 Å². The minimum absolute atomic E-state index is 0.0692. The van der Waals surface area contributed by atoms with Crippen LogP contribution in [0.3, 0.4) is 0 Å². The lowest BCUT2D eigenvalue weighted by Crippen LogP contribution is -2.32. The van der Waals surface area contributed by atoms with Gasteiger partial charge in [-0.05, 0) is 42.7 Å². The molecule has 0 aliphatic carbocycles. The van der Waals surface area contributed by atoms with E-state index < -0.39 is 0 Å². The Hall–Kier alpha value is -3.35. The van der Waals surface area contributed by atoms with Gasteiger partial charge in [0.25, 0.3) is 0 Å². The second-order valence-electron chi connectivity index (χ2n) is 7.34. The van der Waals surface area contributed by atoms with Gasteiger partial charge in [-0.2, -0.15) is 0 Å². The van der Waals surface area contributed by atoms with Crippen molar-refractivity contribution in [2.45, 2.75) is 37.8 Å². The molecule has 2 aromatic carbocycles. The van der Waals surface area contributed by atoms with Crippen LogP contribution in [0.2, 0.25) is 0 Å². The van der Waals surface area contributed by atoms with E-state index in [2.05, 4.69) is 10.6 Å². The molecular formula is C24H27FN2O4. The fourth-order valence-corrected chi connectivity index (χ4v) is 3.57. The van der Waals surface area contributed by atoms with Crippen molar-refractivity contribution in [1.29, 1.82) is 0 Å².